The summed E-state index contributed by atoms with van der Waals surface area (Å²) in [6, 6.07) is 16.0. The lowest BCUT2D eigenvalue weighted by atomic mass is 9.64. The Morgan fingerprint density at radius 1 is 1.06 bits per heavy atom. The topological polar surface area (TPSA) is 73.9 Å². The van der Waals surface area contributed by atoms with Crippen LogP contribution in [0.4, 0.5) is 5.69 Å². The highest BCUT2D eigenvalue weighted by molar-refractivity contribution is 5.99. The Labute approximate surface area is 181 Å². The third kappa shape index (κ3) is 3.11. The van der Waals surface area contributed by atoms with E-state index in [2.05, 4.69) is 50.8 Å². The molecule has 5 heterocycles. The van der Waals surface area contributed by atoms with Crippen LogP contribution in [0.3, 0.4) is 0 Å². The van der Waals surface area contributed by atoms with Crippen LogP contribution in [0.15, 0.2) is 48.5 Å². The Balaban J connectivity index is 1.33. The number of amides is 2. The predicted octanol–water partition coefficient (Wildman–Crippen LogP) is 1.31. The molecular formula is C24H26N4O3. The molecule has 0 aliphatic carbocycles. The van der Waals surface area contributed by atoms with Crippen molar-refractivity contribution < 1.29 is 14.3 Å². The first-order chi connectivity index (χ1) is 15.1. The molecule has 7 nitrogen and oxygen atoms in total. The molecule has 7 rings (SSSR count). The third-order valence-electron chi connectivity index (χ3n) is 7.31. The van der Waals surface area contributed by atoms with Gasteiger partial charge in [-0.05, 0) is 23.8 Å². The lowest BCUT2D eigenvalue weighted by Gasteiger charge is -2.55. The van der Waals surface area contributed by atoms with Gasteiger partial charge in [-0.15, -0.1) is 0 Å². The summed E-state index contributed by atoms with van der Waals surface area (Å²) in [6.07, 6.45) is 0. The van der Waals surface area contributed by atoms with Gasteiger partial charge in [0.2, 0.25) is 0 Å². The highest BCUT2D eigenvalue weighted by atomic mass is 16.5. The first-order valence-electron chi connectivity index (χ1n) is 11.0. The molecule has 0 aromatic heterocycles. The molecule has 5 aliphatic heterocycles. The monoisotopic (exact) mass is 418 g/mol. The largest absolute Gasteiger partial charge is 0.482 e. The fourth-order valence-corrected chi connectivity index (χ4v) is 6.01. The van der Waals surface area contributed by atoms with Gasteiger partial charge in [0.15, 0.2) is 6.61 Å². The van der Waals surface area contributed by atoms with Crippen LogP contribution < -0.4 is 15.4 Å². The molecule has 0 radical (unpaired) electrons. The van der Waals surface area contributed by atoms with Crippen molar-refractivity contribution in [3.63, 3.8) is 0 Å². The highest BCUT2D eigenvalue weighted by Crippen LogP contribution is 2.43. The van der Waals surface area contributed by atoms with Crippen molar-refractivity contribution in [2.24, 2.45) is 5.92 Å². The number of rotatable bonds is 3. The van der Waals surface area contributed by atoms with Crippen LogP contribution in [0.2, 0.25) is 0 Å². The average molecular weight is 418 g/mol. The highest BCUT2D eigenvalue weighted by Gasteiger charge is 2.55. The fraction of sp³-hybridized carbons (Fsp3) is 0.417. The van der Waals surface area contributed by atoms with Gasteiger partial charge < -0.3 is 25.2 Å². The van der Waals surface area contributed by atoms with E-state index in [-0.39, 0.29) is 29.9 Å². The molecule has 3 atom stereocenters. The molecule has 5 aliphatic rings. The number of nitrogens with zero attached hydrogens (tertiary/aromatic N) is 2. The van der Waals surface area contributed by atoms with Gasteiger partial charge in [-0.1, -0.05) is 30.3 Å². The molecule has 0 spiro atoms. The maximum Gasteiger partial charge on any atom is 0.262 e. The number of ether oxygens (including phenoxy) is 1. The Morgan fingerprint density at radius 3 is 2.55 bits per heavy atom. The summed E-state index contributed by atoms with van der Waals surface area (Å²) in [5.41, 5.74) is 2.36. The van der Waals surface area contributed by atoms with Crippen LogP contribution in [0.1, 0.15) is 15.9 Å². The second-order valence-electron chi connectivity index (χ2n) is 9.25. The van der Waals surface area contributed by atoms with E-state index in [0.717, 1.165) is 39.3 Å². The molecule has 4 fully saturated rings. The summed E-state index contributed by atoms with van der Waals surface area (Å²) in [7, 11) is 0. The first kappa shape index (κ1) is 18.8. The second kappa shape index (κ2) is 7.07. The summed E-state index contributed by atoms with van der Waals surface area (Å²) < 4.78 is 5.51. The van der Waals surface area contributed by atoms with Crippen molar-refractivity contribution in [2.75, 3.05) is 51.2 Å². The zero-order valence-corrected chi connectivity index (χ0v) is 17.3. The fourth-order valence-electron chi connectivity index (χ4n) is 6.01. The number of piperidine rings is 2. The van der Waals surface area contributed by atoms with Crippen LogP contribution >= 0.6 is 0 Å². The molecule has 2 N–H and O–H groups in total. The molecule has 4 bridgehead atoms. The molecule has 2 aromatic rings. The molecule has 0 saturated carbocycles. The molecular weight excluding hydrogens is 392 g/mol. The smallest absolute Gasteiger partial charge is 0.262 e. The summed E-state index contributed by atoms with van der Waals surface area (Å²) >= 11 is 0. The van der Waals surface area contributed by atoms with E-state index in [1.54, 1.807) is 18.2 Å². The van der Waals surface area contributed by atoms with Gasteiger partial charge in [0.1, 0.15) is 5.75 Å². The maximum atomic E-state index is 13.4. The molecule has 3 unspecified atom stereocenters. The first-order valence-corrected chi connectivity index (χ1v) is 11.0. The van der Waals surface area contributed by atoms with E-state index >= 15 is 0 Å². The van der Waals surface area contributed by atoms with E-state index in [9.17, 15) is 9.59 Å². The number of carbonyl (C=O) groups is 2. The van der Waals surface area contributed by atoms with E-state index in [4.69, 9.17) is 4.74 Å². The summed E-state index contributed by atoms with van der Waals surface area (Å²) in [5, 5.41) is 6.20. The third-order valence-corrected chi connectivity index (χ3v) is 7.31. The Morgan fingerprint density at radius 2 is 1.81 bits per heavy atom. The molecule has 31 heavy (non-hydrogen) atoms. The summed E-state index contributed by atoms with van der Waals surface area (Å²) in [6.45, 7) is 6.15. The number of nitrogens with one attached hydrogen (secondary N) is 2. The van der Waals surface area contributed by atoms with Crippen molar-refractivity contribution in [1.29, 1.82) is 0 Å². The SMILES string of the molecule is O=C1COc2cc(C(=O)NC3C4CN5CCN(C4)CC3(c3ccccc3)C5)ccc2N1. The van der Waals surface area contributed by atoms with E-state index in [0.29, 0.717) is 22.9 Å². The van der Waals surface area contributed by atoms with E-state index in [1.165, 1.54) is 5.56 Å². The molecule has 7 heteroatoms. The molecule has 160 valence electrons. The van der Waals surface area contributed by atoms with Gasteiger partial charge in [-0.25, -0.2) is 0 Å². The van der Waals surface area contributed by atoms with Gasteiger partial charge in [0, 0.05) is 62.2 Å². The van der Waals surface area contributed by atoms with Gasteiger partial charge in [0.25, 0.3) is 11.8 Å². The molecule has 4 saturated heterocycles. The number of fused-ring (bicyclic) bond motifs is 2. The summed E-state index contributed by atoms with van der Waals surface area (Å²) in [5.74, 6) is 0.676. The minimum absolute atomic E-state index is 0.0223. The maximum absolute atomic E-state index is 13.4. The van der Waals surface area contributed by atoms with Crippen LogP contribution in [-0.2, 0) is 10.2 Å². The van der Waals surface area contributed by atoms with Gasteiger partial charge in [-0.2, -0.15) is 0 Å². The number of hydrogen-bond donors (Lipinski definition) is 2. The normalized spacial score (nSPS) is 33.1. The van der Waals surface area contributed by atoms with Crippen molar-refractivity contribution in [3.05, 3.63) is 59.7 Å². The van der Waals surface area contributed by atoms with Crippen molar-refractivity contribution in [3.8, 4) is 5.75 Å². The predicted molar refractivity (Wildman–Crippen MR) is 116 cm³/mol. The van der Waals surface area contributed by atoms with Crippen molar-refractivity contribution >= 4 is 17.5 Å². The van der Waals surface area contributed by atoms with Gasteiger partial charge >= 0.3 is 0 Å². The van der Waals surface area contributed by atoms with Crippen molar-refractivity contribution in [1.82, 2.24) is 15.1 Å². The van der Waals surface area contributed by atoms with Gasteiger partial charge in [0.05, 0.1) is 5.69 Å². The van der Waals surface area contributed by atoms with Crippen LogP contribution in [0.25, 0.3) is 0 Å². The number of anilines is 1. The lowest BCUT2D eigenvalue weighted by Crippen LogP contribution is -2.70. The van der Waals surface area contributed by atoms with Crippen LogP contribution in [-0.4, -0.2) is 73.5 Å². The minimum atomic E-state index is -0.177. The minimum Gasteiger partial charge on any atom is -0.482 e. The van der Waals surface area contributed by atoms with E-state index in [1.807, 2.05) is 0 Å². The quantitative estimate of drug-likeness (QED) is 0.787. The van der Waals surface area contributed by atoms with Crippen molar-refractivity contribution in [2.45, 2.75) is 11.5 Å². The van der Waals surface area contributed by atoms with Gasteiger partial charge in [-0.3, -0.25) is 9.59 Å². The molecule has 2 aromatic carbocycles. The Kier molecular flexibility index (Phi) is 4.30. The number of hydrogen-bond acceptors (Lipinski definition) is 5. The Bertz CT molecular complexity index is 1020. The number of carbonyl (C=O) groups excluding carboxylic acids is 2. The lowest BCUT2D eigenvalue weighted by molar-refractivity contribution is -0.118. The standard InChI is InChI=1S/C24H26N4O3/c29-21-13-31-20-10-16(6-7-19(20)25-21)23(30)26-22-17-11-27-8-9-28(12-17)15-24(22,14-27)18-4-2-1-3-5-18/h1-7,10,17,22H,8-9,11-15H2,(H,25,29)(H,26,30). The average Bonchev–Trinajstić information content (AvgIpc) is 3.04. The second-order valence-corrected chi connectivity index (χ2v) is 9.25. The number of benzene rings is 2. The summed E-state index contributed by atoms with van der Waals surface area (Å²) in [4.78, 5) is 30.0. The Hall–Kier alpha value is -2.90. The van der Waals surface area contributed by atoms with Crippen LogP contribution in [0, 0.1) is 5.92 Å². The van der Waals surface area contributed by atoms with Crippen LogP contribution in [0.5, 0.6) is 5.75 Å². The zero-order chi connectivity index (χ0) is 21.0. The zero-order valence-electron chi connectivity index (χ0n) is 17.3. The van der Waals surface area contributed by atoms with E-state index < -0.39 is 0 Å². The molecule has 2 amide bonds.